The number of benzene rings is 3. The predicted octanol–water partition coefficient (Wildman–Crippen LogP) is 4.04. The quantitative estimate of drug-likeness (QED) is 0.554. The van der Waals surface area contributed by atoms with E-state index in [1.54, 1.807) is 66.6 Å². The molecule has 4 rings (SSSR count). The molecular weight excluding hydrogens is 448 g/mol. The van der Waals surface area contributed by atoms with Gasteiger partial charge in [-0.3, -0.25) is 9.59 Å². The maximum atomic E-state index is 13.6. The van der Waals surface area contributed by atoms with Gasteiger partial charge < -0.3 is 15.0 Å². The van der Waals surface area contributed by atoms with E-state index in [2.05, 4.69) is 5.32 Å². The Kier molecular flexibility index (Phi) is 6.69. The number of hydrogen-bond donors (Lipinski definition) is 1. The van der Waals surface area contributed by atoms with Crippen molar-refractivity contribution in [3.8, 4) is 0 Å². The molecule has 0 saturated heterocycles. The zero-order chi connectivity index (χ0) is 22.7. The van der Waals surface area contributed by atoms with Crippen molar-refractivity contribution in [1.82, 2.24) is 5.32 Å². The zero-order valence-electron chi connectivity index (χ0n) is 17.3. The molecule has 8 heteroatoms. The number of rotatable bonds is 6. The van der Waals surface area contributed by atoms with Gasteiger partial charge in [-0.2, -0.15) is 0 Å². The molecule has 1 N–H and O–H groups in total. The van der Waals surface area contributed by atoms with E-state index in [1.807, 2.05) is 12.1 Å². The highest BCUT2D eigenvalue weighted by Crippen LogP contribution is 2.36. The molecule has 0 saturated carbocycles. The van der Waals surface area contributed by atoms with Gasteiger partial charge in [0.2, 0.25) is 0 Å². The second-order valence-electron chi connectivity index (χ2n) is 7.22. The Morgan fingerprint density at radius 2 is 1.88 bits per heavy atom. The zero-order valence-corrected chi connectivity index (χ0v) is 18.9. The summed E-state index contributed by atoms with van der Waals surface area (Å²) < 4.78 is 18.4. The Bertz CT molecular complexity index is 1210. The minimum absolute atomic E-state index is 0.215. The lowest BCUT2D eigenvalue weighted by molar-refractivity contribution is 0.0934. The van der Waals surface area contributed by atoms with Crippen LogP contribution >= 0.6 is 11.6 Å². The standard InChI is InChI=1S/C24H21ClN2O4S/c1-31-12-11-26-23(28)17-9-10-22-20(14-17)27(15-16-5-4-6-18(25)13-16)24(29)19-7-2-3-8-21(19)32(22)30/h2-10,13-14H,11-12,15H2,1H3,(H,26,28)/t32-/m1/s1. The molecule has 1 aliphatic heterocycles. The number of hydrogen-bond acceptors (Lipinski definition) is 4. The van der Waals surface area contributed by atoms with Crippen LogP contribution in [0.2, 0.25) is 5.02 Å². The molecule has 0 bridgehead atoms. The molecular formula is C24H21ClN2O4S. The van der Waals surface area contributed by atoms with Gasteiger partial charge in [-0.05, 0) is 48.0 Å². The number of ether oxygens (including phenoxy) is 1. The molecule has 0 unspecified atom stereocenters. The normalized spacial score (nSPS) is 15.0. The first kappa shape index (κ1) is 22.2. The van der Waals surface area contributed by atoms with Crippen LogP contribution in [0.1, 0.15) is 26.3 Å². The van der Waals surface area contributed by atoms with Crippen LogP contribution in [0, 0.1) is 0 Å². The van der Waals surface area contributed by atoms with Crippen LogP contribution in [0.3, 0.4) is 0 Å². The number of carbonyl (C=O) groups excluding carboxylic acids is 2. The molecule has 2 amide bonds. The van der Waals surface area contributed by atoms with E-state index in [-0.39, 0.29) is 18.4 Å². The van der Waals surface area contributed by atoms with E-state index in [4.69, 9.17) is 16.3 Å². The molecule has 0 spiro atoms. The summed E-state index contributed by atoms with van der Waals surface area (Å²) in [6.07, 6.45) is 0. The lowest BCUT2D eigenvalue weighted by atomic mass is 10.1. The Morgan fingerprint density at radius 1 is 1.06 bits per heavy atom. The topological polar surface area (TPSA) is 75.7 Å². The molecule has 3 aromatic rings. The summed E-state index contributed by atoms with van der Waals surface area (Å²) in [6.45, 7) is 0.955. The number of carbonyl (C=O) groups is 2. The molecule has 1 atom stereocenters. The molecule has 0 radical (unpaired) electrons. The van der Waals surface area contributed by atoms with Crippen LogP contribution in [0.5, 0.6) is 0 Å². The van der Waals surface area contributed by atoms with Crippen LogP contribution < -0.4 is 10.2 Å². The first-order chi connectivity index (χ1) is 15.5. The van der Waals surface area contributed by atoms with Crippen molar-refractivity contribution in [2.75, 3.05) is 25.2 Å². The Hall–Kier alpha value is -3.00. The average Bonchev–Trinajstić information content (AvgIpc) is 2.89. The molecule has 164 valence electrons. The number of methoxy groups -OCH3 is 1. The third-order valence-corrected chi connectivity index (χ3v) is 6.83. The smallest absolute Gasteiger partial charge is 0.259 e. The fourth-order valence-electron chi connectivity index (χ4n) is 3.55. The molecule has 0 fully saturated rings. The van der Waals surface area contributed by atoms with Gasteiger partial charge in [0.25, 0.3) is 11.8 Å². The summed E-state index contributed by atoms with van der Waals surface area (Å²) in [6, 6.07) is 19.0. The van der Waals surface area contributed by atoms with Crippen LogP contribution in [0.4, 0.5) is 5.69 Å². The summed E-state index contributed by atoms with van der Waals surface area (Å²) in [5.41, 5.74) is 1.99. The molecule has 1 heterocycles. The molecule has 1 aliphatic rings. The SMILES string of the molecule is COCCNC(=O)c1ccc2c(c1)N(Cc1cccc(Cl)c1)C(=O)c1ccccc1[S@]2=O. The number of amides is 2. The van der Waals surface area contributed by atoms with E-state index in [0.29, 0.717) is 44.8 Å². The minimum atomic E-state index is -1.58. The Balaban J connectivity index is 1.81. The lowest BCUT2D eigenvalue weighted by Gasteiger charge is -2.23. The van der Waals surface area contributed by atoms with Crippen molar-refractivity contribution in [3.63, 3.8) is 0 Å². The van der Waals surface area contributed by atoms with Crippen LogP contribution in [-0.2, 0) is 22.1 Å². The second-order valence-corrected chi connectivity index (χ2v) is 9.07. The average molecular weight is 469 g/mol. The van der Waals surface area contributed by atoms with Gasteiger partial charge in [-0.15, -0.1) is 0 Å². The van der Waals surface area contributed by atoms with Crippen molar-refractivity contribution in [3.05, 3.63) is 88.4 Å². The van der Waals surface area contributed by atoms with Crippen molar-refractivity contribution in [2.24, 2.45) is 0 Å². The lowest BCUT2D eigenvalue weighted by Crippen LogP contribution is -2.31. The van der Waals surface area contributed by atoms with E-state index >= 15 is 0 Å². The van der Waals surface area contributed by atoms with Gasteiger partial charge >= 0.3 is 0 Å². The van der Waals surface area contributed by atoms with Crippen molar-refractivity contribution >= 4 is 39.9 Å². The van der Waals surface area contributed by atoms with Crippen LogP contribution in [-0.4, -0.2) is 36.3 Å². The molecule has 32 heavy (non-hydrogen) atoms. The summed E-state index contributed by atoms with van der Waals surface area (Å²) in [4.78, 5) is 28.7. The largest absolute Gasteiger partial charge is 0.383 e. The fourth-order valence-corrected chi connectivity index (χ4v) is 5.11. The van der Waals surface area contributed by atoms with Gasteiger partial charge in [0.15, 0.2) is 0 Å². The highest BCUT2D eigenvalue weighted by Gasteiger charge is 2.31. The maximum absolute atomic E-state index is 13.6. The molecule has 3 aromatic carbocycles. The van der Waals surface area contributed by atoms with Crippen molar-refractivity contribution in [1.29, 1.82) is 0 Å². The summed E-state index contributed by atoms with van der Waals surface area (Å²) >= 11 is 6.15. The first-order valence-electron chi connectivity index (χ1n) is 9.98. The maximum Gasteiger partial charge on any atom is 0.259 e. The summed E-state index contributed by atoms with van der Waals surface area (Å²) in [5, 5.41) is 3.33. The summed E-state index contributed by atoms with van der Waals surface area (Å²) in [5.74, 6) is -0.586. The van der Waals surface area contributed by atoms with E-state index in [9.17, 15) is 13.8 Å². The van der Waals surface area contributed by atoms with Gasteiger partial charge in [-0.1, -0.05) is 35.9 Å². The second kappa shape index (κ2) is 9.65. The van der Waals surface area contributed by atoms with Gasteiger partial charge in [0, 0.05) is 24.2 Å². The Labute approximate surface area is 193 Å². The molecule has 0 aromatic heterocycles. The van der Waals surface area contributed by atoms with E-state index in [1.165, 1.54) is 0 Å². The number of nitrogens with zero attached hydrogens (tertiary/aromatic N) is 1. The number of nitrogens with one attached hydrogen (secondary N) is 1. The van der Waals surface area contributed by atoms with Crippen molar-refractivity contribution < 1.29 is 18.5 Å². The fraction of sp³-hybridized carbons (Fsp3) is 0.167. The highest BCUT2D eigenvalue weighted by atomic mass is 35.5. The summed E-state index contributed by atoms with van der Waals surface area (Å²) in [7, 11) is -0.0234. The van der Waals surface area contributed by atoms with Gasteiger partial charge in [0.05, 0.1) is 45.0 Å². The van der Waals surface area contributed by atoms with Crippen LogP contribution in [0.25, 0.3) is 0 Å². The third-order valence-electron chi connectivity index (χ3n) is 5.10. The monoisotopic (exact) mass is 468 g/mol. The van der Waals surface area contributed by atoms with Gasteiger partial charge in [-0.25, -0.2) is 4.21 Å². The Morgan fingerprint density at radius 3 is 2.66 bits per heavy atom. The van der Waals surface area contributed by atoms with Crippen molar-refractivity contribution in [2.45, 2.75) is 16.3 Å². The molecule has 0 aliphatic carbocycles. The number of halogens is 1. The van der Waals surface area contributed by atoms with E-state index < -0.39 is 10.8 Å². The number of anilines is 1. The van der Waals surface area contributed by atoms with E-state index in [0.717, 1.165) is 5.56 Å². The predicted molar refractivity (Wildman–Crippen MR) is 124 cm³/mol. The first-order valence-corrected chi connectivity index (χ1v) is 11.5. The highest BCUT2D eigenvalue weighted by molar-refractivity contribution is 7.85. The van der Waals surface area contributed by atoms with Crippen LogP contribution in [0.15, 0.2) is 76.5 Å². The minimum Gasteiger partial charge on any atom is -0.383 e. The number of fused-ring (bicyclic) bond motifs is 2. The van der Waals surface area contributed by atoms with Gasteiger partial charge in [0.1, 0.15) is 0 Å². The third kappa shape index (κ3) is 4.46. The molecule has 6 nitrogen and oxygen atoms in total.